The van der Waals surface area contributed by atoms with Crippen molar-refractivity contribution >= 4 is 58.8 Å². The first kappa shape index (κ1) is 50.4. The summed E-state index contributed by atoms with van der Waals surface area (Å²) in [6, 6.07) is 12.8. The molecule has 304 valence electrons. The molecule has 0 spiro atoms. The van der Waals surface area contributed by atoms with Crippen LogP contribution in [-0.2, 0) is 26.2 Å². The normalized spacial score (nSPS) is 18.5. The number of esters is 1. The average molecular weight is 821 g/mol. The van der Waals surface area contributed by atoms with Gasteiger partial charge in [-0.25, -0.2) is 19.9 Å². The van der Waals surface area contributed by atoms with Gasteiger partial charge in [-0.2, -0.15) is 17.6 Å². The Bertz CT molecular complexity index is 1890. The fraction of sp³-hybridized carbons (Fsp3) is 0.405. The molecule has 0 unspecified atom stereocenters. The first-order valence-corrected chi connectivity index (χ1v) is 15.7. The lowest BCUT2D eigenvalue weighted by molar-refractivity contribution is -0.143. The number of halogens is 6. The summed E-state index contributed by atoms with van der Waals surface area (Å²) in [5, 5.41) is 19.0. The van der Waals surface area contributed by atoms with E-state index >= 15 is 0 Å². The van der Waals surface area contributed by atoms with Crippen LogP contribution in [0.2, 0.25) is 0 Å². The molecule has 0 bridgehead atoms. The summed E-state index contributed by atoms with van der Waals surface area (Å²) in [7, 11) is 2.29. The smallest absolute Gasteiger partial charge is 0.323 e. The third-order valence-corrected chi connectivity index (χ3v) is 8.09. The number of methoxy groups -OCH3 is 1. The van der Waals surface area contributed by atoms with Gasteiger partial charge in [0.25, 0.3) is 0 Å². The van der Waals surface area contributed by atoms with Crippen molar-refractivity contribution in [1.29, 1.82) is 0 Å². The van der Waals surface area contributed by atoms with Crippen molar-refractivity contribution in [3.05, 3.63) is 85.2 Å². The maximum atomic E-state index is 14.2. The highest BCUT2D eigenvalue weighted by Gasteiger charge is 2.39. The molecule has 55 heavy (non-hydrogen) atoms. The lowest BCUT2D eigenvalue weighted by Gasteiger charge is -2.19. The Morgan fingerprint density at radius 3 is 1.56 bits per heavy atom. The summed E-state index contributed by atoms with van der Waals surface area (Å²) < 4.78 is 72.7. The van der Waals surface area contributed by atoms with Crippen molar-refractivity contribution in [3.8, 4) is 11.8 Å². The molecular formula is C37H47Cl2F4N5O7. The number of allylic oxidation sites excluding steroid dienone is 2. The SMILES string of the molecule is C.C.C=CC(F)(F)c1nc2ccccc2nc1O[C@H]1CC[C@H](C(=O)O)C1.C=CC(F)(F)c1nc2ccccc2nc1O[C@H]1CN[C@H](C(=O)OC)C1.CO.Cl.Cl. The Labute approximate surface area is 329 Å². The minimum atomic E-state index is -3.39. The first-order chi connectivity index (χ1) is 24.3. The van der Waals surface area contributed by atoms with Crippen molar-refractivity contribution < 1.29 is 51.6 Å². The second-order valence-corrected chi connectivity index (χ2v) is 11.4. The van der Waals surface area contributed by atoms with Crippen molar-refractivity contribution in [2.24, 2.45) is 5.92 Å². The van der Waals surface area contributed by atoms with E-state index in [-0.39, 0.29) is 57.8 Å². The van der Waals surface area contributed by atoms with Gasteiger partial charge in [0.1, 0.15) is 18.2 Å². The van der Waals surface area contributed by atoms with Crippen LogP contribution in [0.3, 0.4) is 0 Å². The zero-order valence-electron chi connectivity index (χ0n) is 28.6. The van der Waals surface area contributed by atoms with Crippen LogP contribution in [-0.4, -0.2) is 81.1 Å². The van der Waals surface area contributed by atoms with Crippen LogP contribution in [0.25, 0.3) is 22.1 Å². The zero-order valence-corrected chi connectivity index (χ0v) is 30.2. The van der Waals surface area contributed by atoms with E-state index < -0.39 is 59.3 Å². The molecule has 0 amide bonds. The summed E-state index contributed by atoms with van der Waals surface area (Å²) in [6.07, 6.45) is 1.51. The Morgan fingerprint density at radius 1 is 0.764 bits per heavy atom. The molecule has 18 heteroatoms. The number of rotatable bonds is 10. The number of hydrogen-bond donors (Lipinski definition) is 3. The average Bonchev–Trinajstić information content (AvgIpc) is 3.82. The van der Waals surface area contributed by atoms with Gasteiger partial charge in [-0.15, -0.1) is 24.8 Å². The number of hydrogen-bond acceptors (Lipinski definition) is 11. The molecule has 4 aromatic rings. The number of nitrogens with zero attached hydrogens (tertiary/aromatic N) is 4. The second-order valence-electron chi connectivity index (χ2n) is 11.4. The van der Waals surface area contributed by atoms with Crippen molar-refractivity contribution in [3.63, 3.8) is 0 Å². The third kappa shape index (κ3) is 12.2. The maximum absolute atomic E-state index is 14.2. The number of carboxylic acid groups (broad SMARTS) is 1. The molecule has 2 aromatic carbocycles. The summed E-state index contributed by atoms with van der Waals surface area (Å²) in [6.45, 7) is 6.62. The maximum Gasteiger partial charge on any atom is 0.323 e. The molecule has 1 aliphatic carbocycles. The summed E-state index contributed by atoms with van der Waals surface area (Å²) in [5.41, 5.74) is 0.345. The van der Waals surface area contributed by atoms with E-state index in [1.54, 1.807) is 48.5 Å². The molecule has 3 N–H and O–H groups in total. The lowest BCUT2D eigenvalue weighted by Crippen LogP contribution is -2.31. The van der Waals surface area contributed by atoms with E-state index in [1.165, 1.54) is 7.11 Å². The fourth-order valence-corrected chi connectivity index (χ4v) is 5.46. The zero-order chi connectivity index (χ0) is 37.3. The van der Waals surface area contributed by atoms with Crippen LogP contribution in [0.4, 0.5) is 17.6 Å². The Morgan fingerprint density at radius 2 is 1.18 bits per heavy atom. The number of aliphatic hydroxyl groups is 1. The van der Waals surface area contributed by atoms with Crippen LogP contribution in [0.5, 0.6) is 11.8 Å². The van der Waals surface area contributed by atoms with Gasteiger partial charge in [-0.1, -0.05) is 52.3 Å². The van der Waals surface area contributed by atoms with Crippen LogP contribution in [0, 0.1) is 5.92 Å². The molecule has 2 aliphatic rings. The van der Waals surface area contributed by atoms with Crippen molar-refractivity contribution in [2.45, 2.75) is 70.6 Å². The molecule has 12 nitrogen and oxygen atoms in total. The van der Waals surface area contributed by atoms with E-state index in [4.69, 9.17) is 19.7 Å². The van der Waals surface area contributed by atoms with Crippen LogP contribution in [0.1, 0.15) is 51.9 Å². The van der Waals surface area contributed by atoms with E-state index in [0.717, 1.165) is 7.11 Å². The van der Waals surface area contributed by atoms with Crippen LogP contribution >= 0.6 is 24.8 Å². The first-order valence-electron chi connectivity index (χ1n) is 15.7. The standard InChI is InChI=1S/C17H17F2N3O3.C17H16F2N2O3.CH4O.2CH4.2ClH/c1-3-17(18,19)14-15(22-12-7-5-4-6-11(12)21-14)25-10-8-13(20-9-10)16(23)24-2;1-2-17(18,19)14-15(21-13-6-4-3-5-12(13)20-14)24-11-8-7-10(9-11)16(22)23;1-2;;;;/h3-7,10,13,20H,1,8-9H2,2H3;2-6,10-11H,1,7-9H2,(H,22,23);2H,1H3;2*1H4;2*1H/t10-,13+;10-,11-;;;;;/m10...../s1. The number of benzene rings is 2. The number of carbonyl (C=O) groups excluding carboxylic acids is 1. The molecule has 3 heterocycles. The van der Waals surface area contributed by atoms with Crippen molar-refractivity contribution in [1.82, 2.24) is 25.3 Å². The molecule has 2 aromatic heterocycles. The number of nitrogens with one attached hydrogen (secondary N) is 1. The Hall–Kier alpha value is -4.64. The number of aliphatic carboxylic acids is 1. The third-order valence-electron chi connectivity index (χ3n) is 8.09. The molecule has 2 fully saturated rings. The predicted molar refractivity (Wildman–Crippen MR) is 206 cm³/mol. The number of fused-ring (bicyclic) bond motifs is 2. The van der Waals surface area contributed by atoms with Gasteiger partial charge in [0, 0.05) is 20.1 Å². The van der Waals surface area contributed by atoms with Gasteiger partial charge in [-0.05, 0) is 55.7 Å². The molecule has 1 aliphatic heterocycles. The highest BCUT2D eigenvalue weighted by atomic mass is 35.5. The van der Waals surface area contributed by atoms with Gasteiger partial charge in [0.05, 0.1) is 35.1 Å². The number of carboxylic acids is 1. The quantitative estimate of drug-likeness (QED) is 0.0823. The molecular weight excluding hydrogens is 773 g/mol. The second kappa shape index (κ2) is 22.0. The summed E-state index contributed by atoms with van der Waals surface area (Å²) >= 11 is 0. The lowest BCUT2D eigenvalue weighted by atomic mass is 10.1. The number of para-hydroxylation sites is 4. The number of aliphatic hydroxyl groups excluding tert-OH is 1. The summed E-state index contributed by atoms with van der Waals surface area (Å²) in [4.78, 5) is 38.9. The summed E-state index contributed by atoms with van der Waals surface area (Å²) in [5.74, 6) is -9.16. The largest absolute Gasteiger partial charge is 0.481 e. The highest BCUT2D eigenvalue weighted by molar-refractivity contribution is 5.85. The number of carbonyl (C=O) groups is 2. The van der Waals surface area contributed by atoms with E-state index in [2.05, 4.69) is 43.1 Å². The van der Waals surface area contributed by atoms with E-state index in [9.17, 15) is 27.2 Å². The van der Waals surface area contributed by atoms with Crippen LogP contribution in [0.15, 0.2) is 73.8 Å². The van der Waals surface area contributed by atoms with Gasteiger partial charge < -0.3 is 29.7 Å². The van der Waals surface area contributed by atoms with E-state index in [0.29, 0.717) is 60.0 Å². The van der Waals surface area contributed by atoms with E-state index in [1.807, 2.05) is 0 Å². The molecule has 1 saturated heterocycles. The van der Waals surface area contributed by atoms with Gasteiger partial charge >= 0.3 is 23.8 Å². The topological polar surface area (TPSA) is 166 Å². The molecule has 1 saturated carbocycles. The van der Waals surface area contributed by atoms with Crippen LogP contribution < -0.4 is 14.8 Å². The highest BCUT2D eigenvalue weighted by Crippen LogP contribution is 2.38. The monoisotopic (exact) mass is 819 g/mol. The van der Waals surface area contributed by atoms with Gasteiger partial charge in [-0.3, -0.25) is 9.59 Å². The molecule has 0 radical (unpaired) electrons. The van der Waals surface area contributed by atoms with Crippen molar-refractivity contribution in [2.75, 3.05) is 20.8 Å². The molecule has 4 atom stereocenters. The number of ether oxygens (including phenoxy) is 3. The minimum absolute atomic E-state index is 0. The predicted octanol–water partition coefficient (Wildman–Crippen LogP) is 7.45. The fourth-order valence-electron chi connectivity index (χ4n) is 5.46. The minimum Gasteiger partial charge on any atom is -0.481 e. The number of aromatic nitrogens is 4. The Balaban J connectivity index is 0.000000949. The van der Waals surface area contributed by atoms with Gasteiger partial charge in [0.15, 0.2) is 11.4 Å². The van der Waals surface area contributed by atoms with Gasteiger partial charge in [0.2, 0.25) is 11.8 Å². The Kier molecular flexibility index (Phi) is 20.2. The molecule has 6 rings (SSSR count). The number of alkyl halides is 4.